The maximum atomic E-state index is 12.9. The summed E-state index contributed by atoms with van der Waals surface area (Å²) in [6.45, 7) is 3.19. The van der Waals surface area contributed by atoms with Crippen LogP contribution in [-0.2, 0) is 15.1 Å². The van der Waals surface area contributed by atoms with Crippen molar-refractivity contribution in [3.63, 3.8) is 0 Å². The Hall–Kier alpha value is -3.35. The fourth-order valence-corrected chi connectivity index (χ4v) is 3.00. The number of ether oxygens (including phenoxy) is 1. The SMILES string of the molecule is COc1ccccc1NC(=O)CN1C(=O)NC(C)(c2ccc(C)cc2)C1=O. The number of urea groups is 1. The highest BCUT2D eigenvalue weighted by Crippen LogP contribution is 2.29. The molecule has 1 fully saturated rings. The minimum atomic E-state index is -1.20. The van der Waals surface area contributed by atoms with Gasteiger partial charge in [0.15, 0.2) is 0 Å². The molecule has 0 bridgehead atoms. The molecule has 0 aliphatic carbocycles. The van der Waals surface area contributed by atoms with Gasteiger partial charge in [-0.2, -0.15) is 0 Å². The zero-order valence-corrected chi connectivity index (χ0v) is 15.4. The van der Waals surface area contributed by atoms with Gasteiger partial charge in [0.25, 0.3) is 5.91 Å². The number of methoxy groups -OCH3 is 1. The second kappa shape index (κ2) is 7.11. The molecule has 1 unspecified atom stereocenters. The lowest BCUT2D eigenvalue weighted by Crippen LogP contribution is -2.42. The molecule has 0 saturated carbocycles. The minimum absolute atomic E-state index is 0.385. The van der Waals surface area contributed by atoms with Gasteiger partial charge >= 0.3 is 6.03 Å². The molecule has 4 amide bonds. The van der Waals surface area contributed by atoms with Crippen molar-refractivity contribution in [2.24, 2.45) is 0 Å². The Balaban J connectivity index is 1.75. The minimum Gasteiger partial charge on any atom is -0.495 e. The summed E-state index contributed by atoms with van der Waals surface area (Å²) in [5.41, 5.74) is 0.986. The van der Waals surface area contributed by atoms with E-state index in [2.05, 4.69) is 10.6 Å². The van der Waals surface area contributed by atoms with Crippen molar-refractivity contribution in [3.8, 4) is 5.75 Å². The molecule has 7 nitrogen and oxygen atoms in total. The second-order valence-electron chi connectivity index (χ2n) is 6.56. The van der Waals surface area contributed by atoms with Crippen molar-refractivity contribution in [3.05, 3.63) is 59.7 Å². The number of hydrogen-bond acceptors (Lipinski definition) is 4. The molecule has 0 aromatic heterocycles. The van der Waals surface area contributed by atoms with Crippen LogP contribution in [0.2, 0.25) is 0 Å². The van der Waals surface area contributed by atoms with Gasteiger partial charge in [-0.05, 0) is 31.5 Å². The number of nitrogens with one attached hydrogen (secondary N) is 2. The number of anilines is 1. The van der Waals surface area contributed by atoms with Crippen molar-refractivity contribution >= 4 is 23.5 Å². The van der Waals surface area contributed by atoms with E-state index in [1.54, 1.807) is 43.3 Å². The molecular weight excluding hydrogens is 346 g/mol. The molecule has 2 aromatic rings. The van der Waals surface area contributed by atoms with Crippen molar-refractivity contribution in [1.29, 1.82) is 0 Å². The summed E-state index contributed by atoms with van der Waals surface area (Å²) >= 11 is 0. The molecule has 2 aromatic carbocycles. The topological polar surface area (TPSA) is 87.7 Å². The Morgan fingerprint density at radius 2 is 1.81 bits per heavy atom. The average molecular weight is 367 g/mol. The molecule has 0 radical (unpaired) electrons. The summed E-state index contributed by atoms with van der Waals surface area (Å²) < 4.78 is 5.18. The Kier molecular flexibility index (Phi) is 4.85. The first-order valence-corrected chi connectivity index (χ1v) is 8.49. The number of benzene rings is 2. The first-order chi connectivity index (χ1) is 12.8. The Bertz CT molecular complexity index is 894. The van der Waals surface area contributed by atoms with Crippen LogP contribution in [0.4, 0.5) is 10.5 Å². The quantitative estimate of drug-likeness (QED) is 0.795. The van der Waals surface area contributed by atoms with E-state index in [0.717, 1.165) is 10.5 Å². The van der Waals surface area contributed by atoms with Crippen LogP contribution < -0.4 is 15.4 Å². The molecule has 1 saturated heterocycles. The Labute approximate surface area is 157 Å². The van der Waals surface area contributed by atoms with E-state index in [1.165, 1.54) is 7.11 Å². The summed E-state index contributed by atoms with van der Waals surface area (Å²) in [5, 5.41) is 5.36. The molecular formula is C20H21N3O4. The van der Waals surface area contributed by atoms with Crippen molar-refractivity contribution < 1.29 is 19.1 Å². The van der Waals surface area contributed by atoms with E-state index in [1.807, 2.05) is 19.1 Å². The third-order valence-electron chi connectivity index (χ3n) is 4.59. The molecule has 7 heteroatoms. The predicted molar refractivity (Wildman–Crippen MR) is 100 cm³/mol. The first kappa shape index (κ1) is 18.4. The van der Waals surface area contributed by atoms with Gasteiger partial charge in [0.05, 0.1) is 12.8 Å². The molecule has 1 aliphatic rings. The van der Waals surface area contributed by atoms with Crippen LogP contribution in [0, 0.1) is 6.92 Å². The van der Waals surface area contributed by atoms with Gasteiger partial charge in [0.1, 0.15) is 17.8 Å². The number of hydrogen-bond donors (Lipinski definition) is 2. The third-order valence-corrected chi connectivity index (χ3v) is 4.59. The smallest absolute Gasteiger partial charge is 0.325 e. The average Bonchev–Trinajstić information content (AvgIpc) is 2.86. The predicted octanol–water partition coefficient (Wildman–Crippen LogP) is 2.41. The summed E-state index contributed by atoms with van der Waals surface area (Å²) in [6.07, 6.45) is 0. The van der Waals surface area contributed by atoms with Gasteiger partial charge < -0.3 is 15.4 Å². The van der Waals surface area contributed by atoms with Crippen LogP contribution in [-0.4, -0.2) is 36.4 Å². The number of nitrogens with zero attached hydrogens (tertiary/aromatic N) is 1. The van der Waals surface area contributed by atoms with Crippen LogP contribution in [0.1, 0.15) is 18.1 Å². The van der Waals surface area contributed by atoms with Gasteiger partial charge in [-0.25, -0.2) is 4.79 Å². The second-order valence-corrected chi connectivity index (χ2v) is 6.56. The molecule has 2 N–H and O–H groups in total. The largest absolute Gasteiger partial charge is 0.495 e. The van der Waals surface area contributed by atoms with E-state index in [4.69, 9.17) is 4.74 Å². The zero-order chi connectivity index (χ0) is 19.6. The van der Waals surface area contributed by atoms with E-state index >= 15 is 0 Å². The van der Waals surface area contributed by atoms with Gasteiger partial charge in [0.2, 0.25) is 5.91 Å². The van der Waals surface area contributed by atoms with Gasteiger partial charge in [-0.3, -0.25) is 14.5 Å². The summed E-state index contributed by atoms with van der Waals surface area (Å²) in [4.78, 5) is 38.5. The summed E-state index contributed by atoms with van der Waals surface area (Å²) in [7, 11) is 1.50. The molecule has 1 aliphatic heterocycles. The van der Waals surface area contributed by atoms with Crippen LogP contribution in [0.15, 0.2) is 48.5 Å². The maximum absolute atomic E-state index is 12.9. The van der Waals surface area contributed by atoms with Crippen LogP contribution >= 0.6 is 0 Å². The van der Waals surface area contributed by atoms with Crippen molar-refractivity contribution in [2.75, 3.05) is 19.0 Å². The van der Waals surface area contributed by atoms with Gasteiger partial charge in [0, 0.05) is 0 Å². The highest BCUT2D eigenvalue weighted by atomic mass is 16.5. The lowest BCUT2D eigenvalue weighted by molar-refractivity contribution is -0.133. The number of carbonyl (C=O) groups is 3. The van der Waals surface area contributed by atoms with E-state index < -0.39 is 23.4 Å². The standard InChI is InChI=1S/C20H21N3O4/c1-13-8-10-14(11-9-13)20(2)18(25)23(19(26)22-20)12-17(24)21-15-6-4-5-7-16(15)27-3/h4-11H,12H2,1-3H3,(H,21,24)(H,22,26). The number of carbonyl (C=O) groups excluding carboxylic acids is 3. The van der Waals surface area contributed by atoms with E-state index in [9.17, 15) is 14.4 Å². The number of amides is 4. The van der Waals surface area contributed by atoms with E-state index in [-0.39, 0.29) is 6.54 Å². The highest BCUT2D eigenvalue weighted by Gasteiger charge is 2.49. The maximum Gasteiger partial charge on any atom is 0.325 e. The number of rotatable bonds is 5. The number of imide groups is 1. The molecule has 0 spiro atoms. The van der Waals surface area contributed by atoms with Gasteiger partial charge in [-0.1, -0.05) is 42.0 Å². The molecule has 1 atom stereocenters. The molecule has 1 heterocycles. The number of para-hydroxylation sites is 2. The van der Waals surface area contributed by atoms with Crippen molar-refractivity contribution in [1.82, 2.24) is 10.2 Å². The van der Waals surface area contributed by atoms with Crippen molar-refractivity contribution in [2.45, 2.75) is 19.4 Å². The normalized spacial score (nSPS) is 19.0. The lowest BCUT2D eigenvalue weighted by Gasteiger charge is -2.22. The Morgan fingerprint density at radius 3 is 2.48 bits per heavy atom. The molecule has 3 rings (SSSR count). The van der Waals surface area contributed by atoms with Crippen LogP contribution in [0.5, 0.6) is 5.75 Å². The van der Waals surface area contributed by atoms with E-state index in [0.29, 0.717) is 17.0 Å². The highest BCUT2D eigenvalue weighted by molar-refractivity contribution is 6.10. The van der Waals surface area contributed by atoms with Crippen LogP contribution in [0.3, 0.4) is 0 Å². The molecule has 27 heavy (non-hydrogen) atoms. The van der Waals surface area contributed by atoms with Gasteiger partial charge in [-0.15, -0.1) is 0 Å². The third kappa shape index (κ3) is 3.48. The monoisotopic (exact) mass is 367 g/mol. The number of aryl methyl sites for hydroxylation is 1. The fraction of sp³-hybridized carbons (Fsp3) is 0.250. The lowest BCUT2D eigenvalue weighted by atomic mass is 9.91. The molecule has 140 valence electrons. The summed E-state index contributed by atoms with van der Waals surface area (Å²) in [6, 6.07) is 13.7. The van der Waals surface area contributed by atoms with Crippen LogP contribution in [0.25, 0.3) is 0 Å². The first-order valence-electron chi connectivity index (χ1n) is 8.49. The summed E-state index contributed by atoms with van der Waals surface area (Å²) in [5.74, 6) is -0.463. The fourth-order valence-electron chi connectivity index (χ4n) is 3.00. The zero-order valence-electron chi connectivity index (χ0n) is 15.4. The Morgan fingerprint density at radius 1 is 1.15 bits per heavy atom.